The molecule has 0 unspecified atom stereocenters. The summed E-state index contributed by atoms with van der Waals surface area (Å²) in [6.07, 6.45) is 2.18. The van der Waals surface area contributed by atoms with Crippen molar-refractivity contribution in [3.8, 4) is 0 Å². The SMILES string of the molecule is O=Cc1cccc(Cn2cc(F)c(=O)n(Cc3cccc(C=O)c3)c2=O)c1. The average Bonchev–Trinajstić information content (AvgIpc) is 2.69. The summed E-state index contributed by atoms with van der Waals surface area (Å²) in [6, 6.07) is 12.9. The van der Waals surface area contributed by atoms with Gasteiger partial charge in [0.1, 0.15) is 12.6 Å². The highest BCUT2D eigenvalue weighted by Gasteiger charge is 2.12. The van der Waals surface area contributed by atoms with Crippen LogP contribution in [0.3, 0.4) is 0 Å². The van der Waals surface area contributed by atoms with Gasteiger partial charge in [0.2, 0.25) is 5.82 Å². The second-order valence-corrected chi connectivity index (χ2v) is 6.00. The lowest BCUT2D eigenvalue weighted by Crippen LogP contribution is -2.41. The summed E-state index contributed by atoms with van der Waals surface area (Å²) in [4.78, 5) is 46.6. The zero-order chi connectivity index (χ0) is 19.4. The van der Waals surface area contributed by atoms with Gasteiger partial charge in [-0.3, -0.25) is 23.5 Å². The van der Waals surface area contributed by atoms with E-state index in [2.05, 4.69) is 0 Å². The standard InChI is InChI=1S/C20H15FN2O4/c21-18-11-22(9-14-3-1-5-16(7-14)12-24)20(27)23(19(18)26)10-15-4-2-6-17(8-15)13-25/h1-8,11-13H,9-10H2. The molecule has 7 heteroatoms. The molecule has 0 saturated carbocycles. The van der Waals surface area contributed by atoms with Gasteiger partial charge in [-0.25, -0.2) is 4.79 Å². The van der Waals surface area contributed by atoms with Crippen molar-refractivity contribution in [3.05, 3.63) is 104 Å². The Hall–Kier alpha value is -3.61. The highest BCUT2D eigenvalue weighted by atomic mass is 19.1. The molecule has 6 nitrogen and oxygen atoms in total. The fraction of sp³-hybridized carbons (Fsp3) is 0.100. The molecule has 0 aliphatic carbocycles. The van der Waals surface area contributed by atoms with Crippen molar-refractivity contribution in [1.29, 1.82) is 0 Å². The molecule has 1 aromatic heterocycles. The minimum absolute atomic E-state index is 0.00604. The summed E-state index contributed by atoms with van der Waals surface area (Å²) >= 11 is 0. The van der Waals surface area contributed by atoms with Crippen LogP contribution in [0, 0.1) is 5.82 Å². The van der Waals surface area contributed by atoms with E-state index in [1.54, 1.807) is 42.5 Å². The minimum atomic E-state index is -1.06. The minimum Gasteiger partial charge on any atom is -0.298 e. The normalized spacial score (nSPS) is 10.6. The Kier molecular flexibility index (Phi) is 5.21. The van der Waals surface area contributed by atoms with Gasteiger partial charge < -0.3 is 0 Å². The first-order valence-corrected chi connectivity index (χ1v) is 8.10. The van der Waals surface area contributed by atoms with E-state index in [1.807, 2.05) is 0 Å². The van der Waals surface area contributed by atoms with Crippen molar-refractivity contribution in [2.45, 2.75) is 13.1 Å². The summed E-state index contributed by atoms with van der Waals surface area (Å²) in [5.41, 5.74) is 0.250. The van der Waals surface area contributed by atoms with Crippen molar-refractivity contribution >= 4 is 12.6 Å². The Balaban J connectivity index is 2.02. The maximum Gasteiger partial charge on any atom is 0.331 e. The van der Waals surface area contributed by atoms with E-state index in [0.29, 0.717) is 34.8 Å². The van der Waals surface area contributed by atoms with Gasteiger partial charge in [-0.05, 0) is 23.3 Å². The Labute approximate surface area is 153 Å². The van der Waals surface area contributed by atoms with E-state index in [4.69, 9.17) is 0 Å². The lowest BCUT2D eigenvalue weighted by molar-refractivity contribution is 0.111. The van der Waals surface area contributed by atoms with Gasteiger partial charge in [0, 0.05) is 11.1 Å². The van der Waals surface area contributed by atoms with Crippen molar-refractivity contribution in [3.63, 3.8) is 0 Å². The molecule has 3 rings (SSSR count). The highest BCUT2D eigenvalue weighted by molar-refractivity contribution is 5.75. The summed E-state index contributed by atoms with van der Waals surface area (Å²) in [7, 11) is 0. The van der Waals surface area contributed by atoms with Crippen molar-refractivity contribution in [2.24, 2.45) is 0 Å². The lowest BCUT2D eigenvalue weighted by atomic mass is 10.1. The monoisotopic (exact) mass is 366 g/mol. The molecule has 27 heavy (non-hydrogen) atoms. The first-order valence-electron chi connectivity index (χ1n) is 8.10. The molecule has 0 radical (unpaired) electrons. The third-order valence-corrected chi connectivity index (χ3v) is 4.06. The summed E-state index contributed by atoms with van der Waals surface area (Å²) in [6.45, 7) is -0.155. The highest BCUT2D eigenvalue weighted by Crippen LogP contribution is 2.06. The number of halogens is 1. The smallest absolute Gasteiger partial charge is 0.298 e. The molecule has 0 fully saturated rings. The zero-order valence-electron chi connectivity index (χ0n) is 14.2. The molecular formula is C20H15FN2O4. The fourth-order valence-electron chi connectivity index (χ4n) is 2.78. The molecule has 0 aliphatic rings. The van der Waals surface area contributed by atoms with E-state index >= 15 is 0 Å². The van der Waals surface area contributed by atoms with Crippen LogP contribution in [0.5, 0.6) is 0 Å². The largest absolute Gasteiger partial charge is 0.331 e. The van der Waals surface area contributed by atoms with Gasteiger partial charge in [0.05, 0.1) is 19.3 Å². The molecule has 0 aliphatic heterocycles. The Bertz CT molecular complexity index is 1130. The van der Waals surface area contributed by atoms with Crippen LogP contribution in [-0.2, 0) is 13.1 Å². The van der Waals surface area contributed by atoms with Gasteiger partial charge >= 0.3 is 5.69 Å². The number of hydrogen-bond acceptors (Lipinski definition) is 4. The predicted octanol–water partition coefficient (Wildman–Crippen LogP) is 1.87. The van der Waals surface area contributed by atoms with E-state index < -0.39 is 17.1 Å². The van der Waals surface area contributed by atoms with E-state index in [9.17, 15) is 23.6 Å². The second kappa shape index (κ2) is 7.74. The molecule has 0 saturated heterocycles. The quantitative estimate of drug-likeness (QED) is 0.624. The van der Waals surface area contributed by atoms with Gasteiger partial charge in [-0.15, -0.1) is 0 Å². The summed E-state index contributed by atoms with van der Waals surface area (Å²) in [5, 5.41) is 0. The van der Waals surface area contributed by atoms with Gasteiger partial charge in [-0.2, -0.15) is 4.39 Å². The van der Waals surface area contributed by atoms with Gasteiger partial charge in [0.15, 0.2) is 0 Å². The number of hydrogen-bond donors (Lipinski definition) is 0. The number of carbonyl (C=O) groups excluding carboxylic acids is 2. The van der Waals surface area contributed by atoms with Crippen molar-refractivity contribution < 1.29 is 14.0 Å². The molecule has 136 valence electrons. The van der Waals surface area contributed by atoms with Crippen LogP contribution in [0.15, 0.2) is 64.3 Å². The van der Waals surface area contributed by atoms with Gasteiger partial charge in [0.25, 0.3) is 5.56 Å². The zero-order valence-corrected chi connectivity index (χ0v) is 14.2. The third kappa shape index (κ3) is 3.98. The molecule has 2 aromatic carbocycles. The fourth-order valence-corrected chi connectivity index (χ4v) is 2.78. The summed E-state index contributed by atoms with van der Waals surface area (Å²) in [5.74, 6) is -1.06. The molecule has 0 bridgehead atoms. The number of rotatable bonds is 6. The molecule has 1 heterocycles. The van der Waals surface area contributed by atoms with Crippen molar-refractivity contribution in [1.82, 2.24) is 9.13 Å². The van der Waals surface area contributed by atoms with Crippen LogP contribution in [0.4, 0.5) is 4.39 Å². The molecule has 0 amide bonds. The molecule has 0 atom stereocenters. The predicted molar refractivity (Wildman–Crippen MR) is 96.8 cm³/mol. The molecular weight excluding hydrogens is 351 g/mol. The number of carbonyl (C=O) groups is 2. The van der Waals surface area contributed by atoms with Crippen LogP contribution >= 0.6 is 0 Å². The molecule has 3 aromatic rings. The number of benzene rings is 2. The first kappa shape index (κ1) is 18.2. The lowest BCUT2D eigenvalue weighted by Gasteiger charge is -2.11. The van der Waals surface area contributed by atoms with Gasteiger partial charge in [-0.1, -0.05) is 36.4 Å². The Morgan fingerprint density at radius 3 is 1.96 bits per heavy atom. The summed E-state index contributed by atoms with van der Waals surface area (Å²) < 4.78 is 16.0. The Morgan fingerprint density at radius 2 is 1.41 bits per heavy atom. The van der Waals surface area contributed by atoms with Crippen LogP contribution in [-0.4, -0.2) is 21.7 Å². The first-order chi connectivity index (χ1) is 13.0. The maximum absolute atomic E-state index is 14.1. The van der Waals surface area contributed by atoms with Crippen LogP contribution in [0.1, 0.15) is 31.8 Å². The van der Waals surface area contributed by atoms with Crippen LogP contribution in [0.2, 0.25) is 0 Å². The average molecular weight is 366 g/mol. The molecule has 0 N–H and O–H groups in total. The second-order valence-electron chi connectivity index (χ2n) is 6.00. The third-order valence-electron chi connectivity index (χ3n) is 4.06. The Morgan fingerprint density at radius 1 is 0.852 bits per heavy atom. The van der Waals surface area contributed by atoms with E-state index in [0.717, 1.165) is 15.3 Å². The number of nitrogens with zero attached hydrogens (tertiary/aromatic N) is 2. The molecule has 0 spiro atoms. The maximum atomic E-state index is 14.1. The van der Waals surface area contributed by atoms with E-state index in [-0.39, 0.29) is 13.1 Å². The number of aromatic nitrogens is 2. The van der Waals surface area contributed by atoms with Crippen LogP contribution < -0.4 is 11.2 Å². The van der Waals surface area contributed by atoms with Crippen LogP contribution in [0.25, 0.3) is 0 Å². The topological polar surface area (TPSA) is 78.1 Å². The number of aldehydes is 2. The van der Waals surface area contributed by atoms with Crippen molar-refractivity contribution in [2.75, 3.05) is 0 Å². The van der Waals surface area contributed by atoms with E-state index in [1.165, 1.54) is 6.07 Å².